The zero-order valence-electron chi connectivity index (χ0n) is 10.8. The van der Waals surface area contributed by atoms with Gasteiger partial charge in [0.05, 0.1) is 11.5 Å². The Bertz CT molecular complexity index is 529. The quantitative estimate of drug-likeness (QED) is 0.649. The maximum absolute atomic E-state index is 11.1. The van der Waals surface area contributed by atoms with Gasteiger partial charge in [0.2, 0.25) is 5.91 Å². The monoisotopic (exact) mass is 342 g/mol. The van der Waals surface area contributed by atoms with Gasteiger partial charge in [-0.2, -0.15) is 0 Å². The van der Waals surface area contributed by atoms with E-state index in [0.29, 0.717) is 31.9 Å². The Hall–Kier alpha value is -1.67. The SMILES string of the molecule is NC(=O)CN1CCN(c2cc(Br)ccc2[N+](=O)[O-])CC1. The third kappa shape index (κ3) is 3.45. The van der Waals surface area contributed by atoms with Gasteiger partial charge in [-0.1, -0.05) is 15.9 Å². The molecule has 0 bridgehead atoms. The van der Waals surface area contributed by atoms with Crippen molar-refractivity contribution in [1.29, 1.82) is 0 Å². The van der Waals surface area contributed by atoms with Gasteiger partial charge in [-0.25, -0.2) is 0 Å². The Balaban J connectivity index is 2.12. The first-order chi connectivity index (χ1) is 9.47. The van der Waals surface area contributed by atoms with Crippen LogP contribution in [-0.4, -0.2) is 48.5 Å². The van der Waals surface area contributed by atoms with Crippen LogP contribution in [0.3, 0.4) is 0 Å². The van der Waals surface area contributed by atoms with Crippen LogP contribution >= 0.6 is 15.9 Å². The van der Waals surface area contributed by atoms with Crippen molar-refractivity contribution < 1.29 is 9.72 Å². The van der Waals surface area contributed by atoms with Gasteiger partial charge in [-0.3, -0.25) is 19.8 Å². The number of nitro groups is 1. The summed E-state index contributed by atoms with van der Waals surface area (Å²) in [6.07, 6.45) is 0. The van der Waals surface area contributed by atoms with Gasteiger partial charge in [0.25, 0.3) is 5.69 Å². The number of carbonyl (C=O) groups is 1. The fraction of sp³-hybridized carbons (Fsp3) is 0.417. The van der Waals surface area contributed by atoms with E-state index in [9.17, 15) is 14.9 Å². The fourth-order valence-corrected chi connectivity index (χ4v) is 2.62. The summed E-state index contributed by atoms with van der Waals surface area (Å²) in [4.78, 5) is 25.5. The number of halogens is 1. The first-order valence-corrected chi connectivity index (χ1v) is 6.96. The molecule has 0 aliphatic carbocycles. The Kier molecular flexibility index (Phi) is 4.56. The van der Waals surface area contributed by atoms with Crippen molar-refractivity contribution in [1.82, 2.24) is 4.90 Å². The van der Waals surface area contributed by atoms with E-state index in [1.165, 1.54) is 6.07 Å². The molecular formula is C12H15BrN4O3. The lowest BCUT2D eigenvalue weighted by Gasteiger charge is -2.35. The highest BCUT2D eigenvalue weighted by Gasteiger charge is 2.24. The van der Waals surface area contributed by atoms with E-state index in [-0.39, 0.29) is 23.1 Å². The molecule has 0 radical (unpaired) electrons. The summed E-state index contributed by atoms with van der Waals surface area (Å²) in [5.41, 5.74) is 5.86. The Morgan fingerprint density at radius 1 is 1.35 bits per heavy atom. The number of anilines is 1. The smallest absolute Gasteiger partial charge is 0.292 e. The summed E-state index contributed by atoms with van der Waals surface area (Å²) in [6, 6.07) is 4.90. The van der Waals surface area contributed by atoms with E-state index in [0.717, 1.165) is 4.47 Å². The van der Waals surface area contributed by atoms with E-state index >= 15 is 0 Å². The number of nitro benzene ring substituents is 1. The van der Waals surface area contributed by atoms with Gasteiger partial charge in [-0.05, 0) is 12.1 Å². The molecule has 1 aromatic carbocycles. The third-order valence-corrected chi connectivity index (χ3v) is 3.72. The number of benzene rings is 1. The number of hydrogen-bond donors (Lipinski definition) is 1. The first kappa shape index (κ1) is 14.7. The van der Waals surface area contributed by atoms with Gasteiger partial charge in [0.15, 0.2) is 0 Å². The van der Waals surface area contributed by atoms with Crippen LogP contribution in [0.2, 0.25) is 0 Å². The molecule has 0 spiro atoms. The largest absolute Gasteiger partial charge is 0.369 e. The van der Waals surface area contributed by atoms with Gasteiger partial charge in [-0.15, -0.1) is 0 Å². The van der Waals surface area contributed by atoms with Gasteiger partial charge < -0.3 is 10.6 Å². The lowest BCUT2D eigenvalue weighted by Crippen LogP contribution is -2.49. The number of amides is 1. The van der Waals surface area contributed by atoms with Crippen molar-refractivity contribution in [2.24, 2.45) is 5.73 Å². The minimum atomic E-state index is -0.377. The van der Waals surface area contributed by atoms with Crippen molar-refractivity contribution in [3.05, 3.63) is 32.8 Å². The third-order valence-electron chi connectivity index (χ3n) is 3.23. The lowest BCUT2D eigenvalue weighted by molar-refractivity contribution is -0.384. The summed E-state index contributed by atoms with van der Waals surface area (Å²) in [7, 11) is 0. The average Bonchev–Trinajstić information content (AvgIpc) is 2.38. The maximum Gasteiger partial charge on any atom is 0.292 e. The molecule has 1 saturated heterocycles. The lowest BCUT2D eigenvalue weighted by atomic mass is 10.2. The zero-order chi connectivity index (χ0) is 14.7. The molecule has 8 heteroatoms. The molecule has 1 fully saturated rings. The van der Waals surface area contributed by atoms with E-state index in [1.807, 2.05) is 9.80 Å². The van der Waals surface area contributed by atoms with Crippen LogP contribution in [0.1, 0.15) is 0 Å². The molecule has 1 aliphatic heterocycles. The Morgan fingerprint density at radius 3 is 2.55 bits per heavy atom. The number of rotatable bonds is 4. The van der Waals surface area contributed by atoms with Gasteiger partial charge in [0.1, 0.15) is 5.69 Å². The summed E-state index contributed by atoms with van der Waals surface area (Å²) < 4.78 is 0.803. The minimum Gasteiger partial charge on any atom is -0.369 e. The summed E-state index contributed by atoms with van der Waals surface area (Å²) in [5, 5.41) is 11.1. The number of primary amides is 1. The molecule has 20 heavy (non-hydrogen) atoms. The molecule has 108 valence electrons. The van der Waals surface area contributed by atoms with Crippen molar-refractivity contribution in [3.63, 3.8) is 0 Å². The van der Waals surface area contributed by atoms with Crippen molar-refractivity contribution >= 4 is 33.2 Å². The second kappa shape index (κ2) is 6.19. The van der Waals surface area contributed by atoms with Crippen molar-refractivity contribution in [2.75, 3.05) is 37.6 Å². The van der Waals surface area contributed by atoms with Gasteiger partial charge in [0, 0.05) is 36.7 Å². The topological polar surface area (TPSA) is 92.7 Å². The van der Waals surface area contributed by atoms with Crippen molar-refractivity contribution in [3.8, 4) is 0 Å². The van der Waals surface area contributed by atoms with Crippen LogP contribution < -0.4 is 10.6 Å². The molecule has 0 atom stereocenters. The zero-order valence-corrected chi connectivity index (χ0v) is 12.4. The minimum absolute atomic E-state index is 0.0940. The molecule has 1 heterocycles. The Morgan fingerprint density at radius 2 is 2.00 bits per heavy atom. The van der Waals surface area contributed by atoms with E-state index in [2.05, 4.69) is 15.9 Å². The van der Waals surface area contributed by atoms with Crippen LogP contribution in [0.4, 0.5) is 11.4 Å². The molecule has 1 aromatic rings. The highest BCUT2D eigenvalue weighted by molar-refractivity contribution is 9.10. The normalized spacial score (nSPS) is 16.1. The fourth-order valence-electron chi connectivity index (χ4n) is 2.27. The highest BCUT2D eigenvalue weighted by atomic mass is 79.9. The summed E-state index contributed by atoms with van der Waals surface area (Å²) >= 11 is 3.34. The molecule has 0 unspecified atom stereocenters. The number of nitrogens with two attached hydrogens (primary N) is 1. The predicted octanol–water partition coefficient (Wildman–Crippen LogP) is 0.965. The predicted molar refractivity (Wildman–Crippen MR) is 78.6 cm³/mol. The van der Waals surface area contributed by atoms with Crippen LogP contribution in [-0.2, 0) is 4.79 Å². The second-order valence-corrected chi connectivity index (χ2v) is 5.54. The van der Waals surface area contributed by atoms with Crippen LogP contribution in [0.25, 0.3) is 0 Å². The highest BCUT2D eigenvalue weighted by Crippen LogP contribution is 2.31. The Labute approximate surface area is 124 Å². The molecule has 0 aromatic heterocycles. The molecule has 1 amide bonds. The van der Waals surface area contributed by atoms with E-state index < -0.39 is 0 Å². The summed E-state index contributed by atoms with van der Waals surface area (Å²) in [5.74, 6) is -0.355. The van der Waals surface area contributed by atoms with Crippen LogP contribution in [0.15, 0.2) is 22.7 Å². The number of nitrogens with zero attached hydrogens (tertiary/aromatic N) is 3. The molecule has 1 aliphatic rings. The number of carbonyl (C=O) groups excluding carboxylic acids is 1. The molecule has 2 rings (SSSR count). The van der Waals surface area contributed by atoms with E-state index in [4.69, 9.17) is 5.73 Å². The standard InChI is InChI=1S/C12H15BrN4O3/c13-9-1-2-10(17(19)20)11(7-9)16-5-3-15(4-6-16)8-12(14)18/h1-2,7H,3-6,8H2,(H2,14,18). The van der Waals surface area contributed by atoms with Crippen molar-refractivity contribution in [2.45, 2.75) is 0 Å². The number of piperazine rings is 1. The van der Waals surface area contributed by atoms with Crippen LogP contribution in [0, 0.1) is 10.1 Å². The molecule has 0 saturated carbocycles. The molecule has 7 nitrogen and oxygen atoms in total. The maximum atomic E-state index is 11.1. The number of hydrogen-bond acceptors (Lipinski definition) is 5. The molecule has 2 N–H and O–H groups in total. The van der Waals surface area contributed by atoms with Gasteiger partial charge >= 0.3 is 0 Å². The van der Waals surface area contributed by atoms with E-state index in [1.54, 1.807) is 12.1 Å². The molecular weight excluding hydrogens is 328 g/mol. The van der Waals surface area contributed by atoms with Crippen LogP contribution in [0.5, 0.6) is 0 Å². The first-order valence-electron chi connectivity index (χ1n) is 6.17. The summed E-state index contributed by atoms with van der Waals surface area (Å²) in [6.45, 7) is 2.81. The average molecular weight is 343 g/mol. The second-order valence-electron chi connectivity index (χ2n) is 4.62.